The standard InChI is InChI=1S/C18H23N3O/c19-18(22)17(14-7-2-1-3-8-14)20-12-15-11-10-13-6-4-5-9-16(13)21-15/h4-6,9-11,14,17,20H,1-3,7-8,12H2,(H2,19,22). The Kier molecular flexibility index (Phi) is 4.68. The minimum absolute atomic E-state index is 0.242. The Balaban J connectivity index is 1.68. The molecule has 3 rings (SSSR count). The van der Waals surface area contributed by atoms with Crippen LogP contribution in [0.3, 0.4) is 0 Å². The SMILES string of the molecule is NC(=O)C(NCc1ccc2ccccc2n1)C1CCCCC1. The first kappa shape index (κ1) is 15.0. The Morgan fingerprint density at radius 3 is 2.73 bits per heavy atom. The van der Waals surface area contributed by atoms with Crippen LogP contribution < -0.4 is 11.1 Å². The van der Waals surface area contributed by atoms with E-state index in [-0.39, 0.29) is 11.9 Å². The summed E-state index contributed by atoms with van der Waals surface area (Å²) >= 11 is 0. The van der Waals surface area contributed by atoms with Gasteiger partial charge in [-0.1, -0.05) is 43.5 Å². The number of nitrogens with one attached hydrogen (secondary N) is 1. The van der Waals surface area contributed by atoms with Crippen LogP contribution in [0.1, 0.15) is 37.8 Å². The van der Waals surface area contributed by atoms with Gasteiger partial charge in [0.1, 0.15) is 0 Å². The summed E-state index contributed by atoms with van der Waals surface area (Å²) in [4.78, 5) is 16.4. The van der Waals surface area contributed by atoms with Crippen molar-refractivity contribution < 1.29 is 4.79 Å². The van der Waals surface area contributed by atoms with Crippen LogP contribution in [0.2, 0.25) is 0 Å². The molecule has 22 heavy (non-hydrogen) atoms. The van der Waals surface area contributed by atoms with Gasteiger partial charge >= 0.3 is 0 Å². The fourth-order valence-electron chi connectivity index (χ4n) is 3.39. The lowest BCUT2D eigenvalue weighted by molar-refractivity contribution is -0.121. The number of hydrogen-bond donors (Lipinski definition) is 2. The normalized spacial score (nSPS) is 17.5. The largest absolute Gasteiger partial charge is 0.368 e. The van der Waals surface area contributed by atoms with Crippen LogP contribution in [0, 0.1) is 5.92 Å². The fraction of sp³-hybridized carbons (Fsp3) is 0.444. The molecule has 1 aliphatic rings. The number of benzene rings is 1. The lowest BCUT2D eigenvalue weighted by Crippen LogP contribution is -2.46. The summed E-state index contributed by atoms with van der Waals surface area (Å²) in [6.45, 7) is 0.578. The predicted molar refractivity (Wildman–Crippen MR) is 88.1 cm³/mol. The number of primary amides is 1. The maximum Gasteiger partial charge on any atom is 0.234 e. The van der Waals surface area contributed by atoms with Gasteiger partial charge in [-0.15, -0.1) is 0 Å². The Morgan fingerprint density at radius 2 is 1.95 bits per heavy atom. The molecular formula is C18H23N3O. The molecule has 116 valence electrons. The van der Waals surface area contributed by atoms with Crippen molar-refractivity contribution in [3.05, 3.63) is 42.1 Å². The van der Waals surface area contributed by atoms with Gasteiger partial charge in [-0.25, -0.2) is 0 Å². The molecule has 1 atom stereocenters. The number of aromatic nitrogens is 1. The number of carbonyl (C=O) groups is 1. The molecule has 0 saturated heterocycles. The number of amides is 1. The number of nitrogens with zero attached hydrogens (tertiary/aromatic N) is 1. The topological polar surface area (TPSA) is 68.0 Å². The van der Waals surface area contributed by atoms with Crippen LogP contribution in [-0.2, 0) is 11.3 Å². The summed E-state index contributed by atoms with van der Waals surface area (Å²) in [7, 11) is 0. The van der Waals surface area contributed by atoms with E-state index < -0.39 is 0 Å². The zero-order valence-electron chi connectivity index (χ0n) is 12.8. The van der Waals surface area contributed by atoms with Crippen molar-refractivity contribution in [3.8, 4) is 0 Å². The monoisotopic (exact) mass is 297 g/mol. The Hall–Kier alpha value is -1.94. The predicted octanol–water partition coefficient (Wildman–Crippen LogP) is 2.76. The van der Waals surface area contributed by atoms with Crippen LogP contribution in [0.4, 0.5) is 0 Å². The number of rotatable bonds is 5. The van der Waals surface area contributed by atoms with Gasteiger partial charge in [0.05, 0.1) is 17.3 Å². The van der Waals surface area contributed by atoms with E-state index in [0.29, 0.717) is 12.5 Å². The number of pyridine rings is 1. The van der Waals surface area contributed by atoms with Gasteiger partial charge in [-0.2, -0.15) is 0 Å². The summed E-state index contributed by atoms with van der Waals surface area (Å²) in [6, 6.07) is 11.9. The van der Waals surface area contributed by atoms with Gasteiger partial charge in [0, 0.05) is 11.9 Å². The van der Waals surface area contributed by atoms with Crippen molar-refractivity contribution in [2.45, 2.75) is 44.7 Å². The Labute approximate surface area is 131 Å². The third kappa shape index (κ3) is 3.45. The molecule has 2 aromatic rings. The summed E-state index contributed by atoms with van der Waals surface area (Å²) in [5.74, 6) is 0.124. The maximum atomic E-state index is 11.8. The second-order valence-electron chi connectivity index (χ2n) is 6.15. The third-order valence-corrected chi connectivity index (χ3v) is 4.59. The summed E-state index contributed by atoms with van der Waals surface area (Å²) in [5.41, 5.74) is 7.53. The molecule has 0 aliphatic heterocycles. The molecule has 1 aromatic heterocycles. The van der Waals surface area contributed by atoms with Crippen LogP contribution in [0.25, 0.3) is 10.9 Å². The van der Waals surface area contributed by atoms with E-state index >= 15 is 0 Å². The summed E-state index contributed by atoms with van der Waals surface area (Å²) in [6.07, 6.45) is 5.85. The molecule has 1 amide bonds. The molecule has 1 saturated carbocycles. The molecule has 4 nitrogen and oxygen atoms in total. The number of para-hydroxylation sites is 1. The summed E-state index contributed by atoms with van der Waals surface area (Å²) < 4.78 is 0. The van der Waals surface area contributed by atoms with Crippen molar-refractivity contribution in [1.82, 2.24) is 10.3 Å². The highest BCUT2D eigenvalue weighted by atomic mass is 16.1. The van der Waals surface area contributed by atoms with E-state index in [9.17, 15) is 4.79 Å². The third-order valence-electron chi connectivity index (χ3n) is 4.59. The Morgan fingerprint density at radius 1 is 1.18 bits per heavy atom. The van der Waals surface area contributed by atoms with Gasteiger partial charge in [0.2, 0.25) is 5.91 Å². The zero-order valence-corrected chi connectivity index (χ0v) is 12.8. The quantitative estimate of drug-likeness (QED) is 0.891. The number of fused-ring (bicyclic) bond motifs is 1. The first-order chi connectivity index (χ1) is 10.7. The van der Waals surface area contributed by atoms with E-state index in [4.69, 9.17) is 5.73 Å². The van der Waals surface area contributed by atoms with Crippen LogP contribution >= 0.6 is 0 Å². The average molecular weight is 297 g/mol. The van der Waals surface area contributed by atoms with Crippen LogP contribution in [0.5, 0.6) is 0 Å². The van der Waals surface area contributed by atoms with Gasteiger partial charge in [-0.05, 0) is 30.9 Å². The molecular weight excluding hydrogens is 274 g/mol. The molecule has 0 bridgehead atoms. The fourth-order valence-corrected chi connectivity index (χ4v) is 3.39. The molecule has 1 unspecified atom stereocenters. The number of nitrogens with two attached hydrogens (primary N) is 1. The lowest BCUT2D eigenvalue weighted by atomic mass is 9.83. The Bertz CT molecular complexity index is 650. The smallest absolute Gasteiger partial charge is 0.234 e. The molecule has 1 aliphatic carbocycles. The molecule has 1 heterocycles. The highest BCUT2D eigenvalue weighted by Crippen LogP contribution is 2.26. The van der Waals surface area contributed by atoms with Crippen molar-refractivity contribution in [3.63, 3.8) is 0 Å². The molecule has 4 heteroatoms. The number of carbonyl (C=O) groups excluding carboxylic acids is 1. The van der Waals surface area contributed by atoms with Crippen molar-refractivity contribution in [2.24, 2.45) is 11.7 Å². The van der Waals surface area contributed by atoms with E-state index in [1.807, 2.05) is 30.3 Å². The first-order valence-electron chi connectivity index (χ1n) is 8.11. The van der Waals surface area contributed by atoms with Crippen molar-refractivity contribution in [1.29, 1.82) is 0 Å². The van der Waals surface area contributed by atoms with Gasteiger partial charge < -0.3 is 5.73 Å². The maximum absolute atomic E-state index is 11.8. The van der Waals surface area contributed by atoms with Gasteiger partial charge in [-0.3, -0.25) is 15.1 Å². The second-order valence-corrected chi connectivity index (χ2v) is 6.15. The average Bonchev–Trinajstić information content (AvgIpc) is 2.55. The minimum atomic E-state index is -0.243. The highest BCUT2D eigenvalue weighted by Gasteiger charge is 2.27. The zero-order chi connectivity index (χ0) is 15.4. The van der Waals surface area contributed by atoms with E-state index in [1.165, 1.54) is 19.3 Å². The van der Waals surface area contributed by atoms with Crippen molar-refractivity contribution in [2.75, 3.05) is 0 Å². The minimum Gasteiger partial charge on any atom is -0.368 e. The molecule has 1 aromatic carbocycles. The second kappa shape index (κ2) is 6.88. The van der Waals surface area contributed by atoms with Crippen LogP contribution in [-0.4, -0.2) is 16.9 Å². The van der Waals surface area contributed by atoms with Crippen LogP contribution in [0.15, 0.2) is 36.4 Å². The lowest BCUT2D eigenvalue weighted by Gasteiger charge is -2.28. The summed E-state index contributed by atoms with van der Waals surface area (Å²) in [5, 5.41) is 4.46. The number of hydrogen-bond acceptors (Lipinski definition) is 3. The highest BCUT2D eigenvalue weighted by molar-refractivity contribution is 5.80. The van der Waals surface area contributed by atoms with E-state index in [0.717, 1.165) is 29.4 Å². The molecule has 3 N–H and O–H groups in total. The molecule has 1 fully saturated rings. The van der Waals surface area contributed by atoms with E-state index in [1.54, 1.807) is 0 Å². The van der Waals surface area contributed by atoms with Gasteiger partial charge in [0.25, 0.3) is 0 Å². The first-order valence-corrected chi connectivity index (χ1v) is 8.11. The van der Waals surface area contributed by atoms with E-state index in [2.05, 4.69) is 16.4 Å². The van der Waals surface area contributed by atoms with Crippen molar-refractivity contribution >= 4 is 16.8 Å². The molecule has 0 spiro atoms. The molecule has 0 radical (unpaired) electrons. The van der Waals surface area contributed by atoms with Gasteiger partial charge in [0.15, 0.2) is 0 Å².